The van der Waals surface area contributed by atoms with Crippen LogP contribution in [0.25, 0.3) is 4.96 Å². The van der Waals surface area contributed by atoms with E-state index in [-0.39, 0.29) is 0 Å². The van der Waals surface area contributed by atoms with Crippen LogP contribution in [0.5, 0.6) is 0 Å². The minimum Gasteiger partial charge on any atom is -0.356 e. The van der Waals surface area contributed by atoms with Gasteiger partial charge in [0, 0.05) is 37.3 Å². The first kappa shape index (κ1) is 13.9. The van der Waals surface area contributed by atoms with Gasteiger partial charge in [-0.15, -0.1) is 11.3 Å². The van der Waals surface area contributed by atoms with E-state index >= 15 is 0 Å². The highest BCUT2D eigenvalue weighted by atomic mass is 32.1. The van der Waals surface area contributed by atoms with E-state index < -0.39 is 0 Å². The Bertz CT molecular complexity index is 596. The predicted molar refractivity (Wildman–Crippen MR) is 84.5 cm³/mol. The summed E-state index contributed by atoms with van der Waals surface area (Å²) in [7, 11) is 6.50. The van der Waals surface area contributed by atoms with Crippen LogP contribution < -0.4 is 10.6 Å². The summed E-state index contributed by atoms with van der Waals surface area (Å²) in [5.41, 5.74) is 7.35. The quantitative estimate of drug-likeness (QED) is 0.913. The maximum Gasteiger partial charge on any atom is 0.195 e. The minimum atomic E-state index is 0.303. The summed E-state index contributed by atoms with van der Waals surface area (Å²) in [6, 6.07) is 0. The summed E-state index contributed by atoms with van der Waals surface area (Å²) >= 11 is 1.66. The summed E-state index contributed by atoms with van der Waals surface area (Å²) in [5, 5.41) is 2.05. The largest absolute Gasteiger partial charge is 0.356 e. The first-order chi connectivity index (χ1) is 9.57. The first-order valence-electron chi connectivity index (χ1n) is 7.10. The Labute approximate surface area is 124 Å². The smallest absolute Gasteiger partial charge is 0.195 e. The van der Waals surface area contributed by atoms with E-state index in [9.17, 15) is 0 Å². The van der Waals surface area contributed by atoms with Crippen LogP contribution in [0.3, 0.4) is 0 Å². The lowest BCUT2D eigenvalue weighted by Crippen LogP contribution is -2.57. The van der Waals surface area contributed by atoms with Crippen molar-refractivity contribution in [2.45, 2.75) is 31.3 Å². The molecule has 0 radical (unpaired) electrons. The molecule has 0 amide bonds. The number of nitrogens with two attached hydrogens (primary N) is 1. The Morgan fingerprint density at radius 1 is 1.40 bits per heavy atom. The molecule has 0 aromatic carbocycles. The van der Waals surface area contributed by atoms with Crippen LogP contribution in [-0.2, 0) is 6.54 Å². The molecule has 0 saturated heterocycles. The number of fused-ring (bicyclic) bond motifs is 1. The van der Waals surface area contributed by atoms with Crippen molar-refractivity contribution < 1.29 is 0 Å². The van der Waals surface area contributed by atoms with Crippen molar-refractivity contribution in [1.29, 1.82) is 0 Å². The summed E-state index contributed by atoms with van der Waals surface area (Å²) in [6.07, 6.45) is 5.92. The normalized spacial score (nSPS) is 17.6. The fourth-order valence-corrected chi connectivity index (χ4v) is 3.89. The Morgan fingerprint density at radius 3 is 2.70 bits per heavy atom. The zero-order valence-corrected chi connectivity index (χ0v) is 13.3. The van der Waals surface area contributed by atoms with Gasteiger partial charge in [-0.05, 0) is 33.4 Å². The number of thiazole rings is 1. The maximum atomic E-state index is 5.93. The second kappa shape index (κ2) is 5.02. The number of aromatic nitrogens is 2. The van der Waals surface area contributed by atoms with Gasteiger partial charge in [0.1, 0.15) is 0 Å². The summed E-state index contributed by atoms with van der Waals surface area (Å²) < 4.78 is 2.11. The lowest BCUT2D eigenvalue weighted by Gasteiger charge is -2.49. The van der Waals surface area contributed by atoms with Crippen molar-refractivity contribution in [2.24, 2.45) is 5.73 Å². The molecule has 1 fully saturated rings. The Hall–Kier alpha value is -1.11. The third-order valence-corrected chi connectivity index (χ3v) is 5.42. The standard InChI is InChI=1S/C14H23N5S/c1-17(2)14(5-4-6-14)10-18(3)12-11(9-15)19-7-8-20-13(19)16-12/h7-8H,4-6,9-10,15H2,1-3H3. The highest BCUT2D eigenvalue weighted by molar-refractivity contribution is 7.15. The number of hydrogen-bond donors (Lipinski definition) is 1. The van der Waals surface area contributed by atoms with E-state index in [1.165, 1.54) is 19.3 Å². The van der Waals surface area contributed by atoms with E-state index in [1.54, 1.807) is 11.3 Å². The lowest BCUT2D eigenvalue weighted by atomic mass is 9.75. The molecule has 2 aromatic heterocycles. The Balaban J connectivity index is 1.88. The fourth-order valence-electron chi connectivity index (χ4n) is 3.16. The van der Waals surface area contributed by atoms with E-state index in [4.69, 9.17) is 10.7 Å². The van der Waals surface area contributed by atoms with Crippen molar-refractivity contribution in [2.75, 3.05) is 32.6 Å². The van der Waals surface area contributed by atoms with Crippen molar-refractivity contribution in [3.8, 4) is 0 Å². The number of hydrogen-bond acceptors (Lipinski definition) is 5. The second-order valence-corrected chi connectivity index (χ2v) is 6.84. The molecule has 0 bridgehead atoms. The number of imidazole rings is 1. The average molecular weight is 293 g/mol. The van der Waals surface area contributed by atoms with Crippen LogP contribution >= 0.6 is 11.3 Å². The van der Waals surface area contributed by atoms with E-state index in [1.807, 2.05) is 0 Å². The first-order valence-corrected chi connectivity index (χ1v) is 7.98. The van der Waals surface area contributed by atoms with Crippen molar-refractivity contribution >= 4 is 22.1 Å². The fraction of sp³-hybridized carbons (Fsp3) is 0.643. The summed E-state index contributed by atoms with van der Waals surface area (Å²) in [5.74, 6) is 1.03. The molecular formula is C14H23N5S. The monoisotopic (exact) mass is 293 g/mol. The number of likely N-dealkylation sites (N-methyl/N-ethyl adjacent to an activating group) is 2. The van der Waals surface area contributed by atoms with Gasteiger partial charge in [-0.1, -0.05) is 0 Å². The third-order valence-electron chi connectivity index (χ3n) is 4.66. The lowest BCUT2D eigenvalue weighted by molar-refractivity contribution is 0.0681. The van der Waals surface area contributed by atoms with Crippen molar-refractivity contribution in [3.05, 3.63) is 17.3 Å². The van der Waals surface area contributed by atoms with Crippen molar-refractivity contribution in [1.82, 2.24) is 14.3 Å². The van der Waals surface area contributed by atoms with Crippen LogP contribution in [0.15, 0.2) is 11.6 Å². The van der Waals surface area contributed by atoms with Crippen LogP contribution in [-0.4, -0.2) is 47.5 Å². The van der Waals surface area contributed by atoms with Crippen LogP contribution in [0.4, 0.5) is 5.82 Å². The van der Waals surface area contributed by atoms with E-state index in [0.717, 1.165) is 23.0 Å². The molecular weight excluding hydrogens is 270 g/mol. The molecule has 3 rings (SSSR count). The van der Waals surface area contributed by atoms with E-state index in [2.05, 4.69) is 46.9 Å². The number of nitrogens with zero attached hydrogens (tertiary/aromatic N) is 4. The average Bonchev–Trinajstić information content (AvgIpc) is 2.92. The highest BCUT2D eigenvalue weighted by Crippen LogP contribution is 2.37. The molecule has 2 heterocycles. The molecule has 5 nitrogen and oxygen atoms in total. The predicted octanol–water partition coefficient (Wildman–Crippen LogP) is 1.77. The number of rotatable bonds is 5. The molecule has 0 aliphatic heterocycles. The van der Waals surface area contributed by atoms with Gasteiger partial charge in [0.15, 0.2) is 10.8 Å². The van der Waals surface area contributed by atoms with E-state index in [0.29, 0.717) is 12.1 Å². The topological polar surface area (TPSA) is 49.8 Å². The molecule has 20 heavy (non-hydrogen) atoms. The molecule has 1 aliphatic rings. The molecule has 6 heteroatoms. The molecule has 2 aromatic rings. The molecule has 1 aliphatic carbocycles. The van der Waals surface area contributed by atoms with Crippen LogP contribution in [0.1, 0.15) is 25.0 Å². The van der Waals surface area contributed by atoms with Crippen LogP contribution in [0, 0.1) is 0 Å². The van der Waals surface area contributed by atoms with Gasteiger partial charge >= 0.3 is 0 Å². The van der Waals surface area contributed by atoms with Crippen molar-refractivity contribution in [3.63, 3.8) is 0 Å². The molecule has 2 N–H and O–H groups in total. The zero-order valence-electron chi connectivity index (χ0n) is 12.5. The van der Waals surface area contributed by atoms with Crippen LogP contribution in [0.2, 0.25) is 0 Å². The molecule has 0 atom stereocenters. The third kappa shape index (κ3) is 2.03. The number of anilines is 1. The maximum absolute atomic E-state index is 5.93. The Kier molecular flexibility index (Phi) is 3.48. The SMILES string of the molecule is CN(CC1(N(C)C)CCC1)c1nc2sccn2c1CN. The molecule has 1 saturated carbocycles. The van der Waals surface area contributed by atoms with Gasteiger partial charge in [-0.2, -0.15) is 0 Å². The van der Waals surface area contributed by atoms with Gasteiger partial charge < -0.3 is 15.5 Å². The van der Waals surface area contributed by atoms with Gasteiger partial charge in [-0.25, -0.2) is 4.98 Å². The van der Waals surface area contributed by atoms with Gasteiger partial charge in [0.05, 0.1) is 5.69 Å². The molecule has 0 unspecified atom stereocenters. The van der Waals surface area contributed by atoms with Gasteiger partial charge in [0.25, 0.3) is 0 Å². The van der Waals surface area contributed by atoms with Gasteiger partial charge in [0.2, 0.25) is 0 Å². The summed E-state index contributed by atoms with van der Waals surface area (Å²) in [6.45, 7) is 1.53. The highest BCUT2D eigenvalue weighted by Gasteiger charge is 2.40. The second-order valence-electron chi connectivity index (χ2n) is 5.97. The molecule has 110 valence electrons. The zero-order chi connectivity index (χ0) is 14.3. The van der Waals surface area contributed by atoms with Gasteiger partial charge in [-0.3, -0.25) is 4.40 Å². The molecule has 0 spiro atoms. The summed E-state index contributed by atoms with van der Waals surface area (Å²) in [4.78, 5) is 10.4. The Morgan fingerprint density at radius 2 is 2.15 bits per heavy atom. The minimum absolute atomic E-state index is 0.303.